The summed E-state index contributed by atoms with van der Waals surface area (Å²) in [4.78, 5) is 4.40. The molecule has 2 N–H and O–H groups in total. The summed E-state index contributed by atoms with van der Waals surface area (Å²) in [5, 5.41) is 13.1. The van der Waals surface area contributed by atoms with Crippen molar-refractivity contribution in [2.45, 2.75) is 45.7 Å². The highest BCUT2D eigenvalue weighted by molar-refractivity contribution is 5.38. The zero-order valence-electron chi connectivity index (χ0n) is 11.9. The molecule has 4 nitrogen and oxygen atoms in total. The summed E-state index contributed by atoms with van der Waals surface area (Å²) in [6.07, 6.45) is 3.29. The lowest BCUT2D eigenvalue weighted by Gasteiger charge is -2.26. The molecule has 0 radical (unpaired) electrons. The molecule has 0 saturated carbocycles. The van der Waals surface area contributed by atoms with Gasteiger partial charge in [-0.15, -0.1) is 0 Å². The van der Waals surface area contributed by atoms with Crippen molar-refractivity contribution in [2.75, 3.05) is 0 Å². The number of oxazole rings is 1. The fraction of sp³-hybridized carbons (Fsp3) is 0.438. The third kappa shape index (κ3) is 2.56. The van der Waals surface area contributed by atoms with Crippen LogP contribution in [-0.4, -0.2) is 10.1 Å². The smallest absolute Gasteiger partial charge is 0.208 e. The Morgan fingerprint density at radius 2 is 2.25 bits per heavy atom. The van der Waals surface area contributed by atoms with Crippen LogP contribution in [0, 0.1) is 13.8 Å². The normalized spacial score (nSPS) is 18.0. The third-order valence-corrected chi connectivity index (χ3v) is 4.01. The van der Waals surface area contributed by atoms with E-state index in [-0.39, 0.29) is 0 Å². The molecule has 0 spiro atoms. The van der Waals surface area contributed by atoms with E-state index in [9.17, 15) is 5.11 Å². The molecule has 2 aromatic rings. The topological polar surface area (TPSA) is 58.3 Å². The molecule has 1 atom stereocenters. The first-order valence-electron chi connectivity index (χ1n) is 7.11. The van der Waals surface area contributed by atoms with E-state index in [1.807, 2.05) is 26.0 Å². The van der Waals surface area contributed by atoms with E-state index in [2.05, 4.69) is 10.3 Å². The monoisotopic (exact) mass is 272 g/mol. The van der Waals surface area contributed by atoms with Gasteiger partial charge in [-0.25, -0.2) is 4.98 Å². The predicted octanol–water partition coefficient (Wildman–Crippen LogP) is 3.16. The minimum absolute atomic E-state index is 0.312. The second kappa shape index (κ2) is 5.29. The maximum atomic E-state index is 9.57. The van der Waals surface area contributed by atoms with Gasteiger partial charge in [0.1, 0.15) is 11.5 Å². The summed E-state index contributed by atoms with van der Waals surface area (Å²) in [6.45, 7) is 4.53. The first-order chi connectivity index (χ1) is 9.63. The van der Waals surface area contributed by atoms with Crippen LogP contribution >= 0.6 is 0 Å². The number of phenols is 1. The molecule has 0 saturated heterocycles. The third-order valence-electron chi connectivity index (χ3n) is 4.01. The molecule has 3 rings (SSSR count). The van der Waals surface area contributed by atoms with Crippen molar-refractivity contribution >= 4 is 0 Å². The van der Waals surface area contributed by atoms with Crippen LogP contribution in [-0.2, 0) is 13.0 Å². The van der Waals surface area contributed by atoms with Crippen molar-refractivity contribution in [1.29, 1.82) is 0 Å². The van der Waals surface area contributed by atoms with Crippen molar-refractivity contribution in [1.82, 2.24) is 10.3 Å². The SMILES string of the molecule is Cc1nc(CNC2CCCc3cc(O)ccc32)oc1C. The summed E-state index contributed by atoms with van der Waals surface area (Å²) in [5.74, 6) is 1.98. The van der Waals surface area contributed by atoms with E-state index in [0.29, 0.717) is 18.3 Å². The Labute approximate surface area is 118 Å². The van der Waals surface area contributed by atoms with Crippen LogP contribution in [0.4, 0.5) is 0 Å². The first kappa shape index (κ1) is 13.2. The molecular formula is C16H20N2O2. The fourth-order valence-electron chi connectivity index (χ4n) is 2.84. The van der Waals surface area contributed by atoms with Crippen LogP contribution in [0.15, 0.2) is 22.6 Å². The van der Waals surface area contributed by atoms with Crippen LogP contribution in [0.1, 0.15) is 47.4 Å². The Bertz CT molecular complexity index is 599. The number of rotatable bonds is 3. The Kier molecular flexibility index (Phi) is 3.49. The average molecular weight is 272 g/mol. The maximum absolute atomic E-state index is 9.57. The lowest BCUT2D eigenvalue weighted by molar-refractivity contribution is 0.399. The van der Waals surface area contributed by atoms with Crippen molar-refractivity contribution < 1.29 is 9.52 Å². The number of nitrogens with zero attached hydrogens (tertiary/aromatic N) is 1. The van der Waals surface area contributed by atoms with Gasteiger partial charge in [-0.3, -0.25) is 0 Å². The number of fused-ring (bicyclic) bond motifs is 1. The highest BCUT2D eigenvalue weighted by Gasteiger charge is 2.20. The van der Waals surface area contributed by atoms with Gasteiger partial charge in [0.05, 0.1) is 12.2 Å². The summed E-state index contributed by atoms with van der Waals surface area (Å²) < 4.78 is 5.60. The van der Waals surface area contributed by atoms with Gasteiger partial charge in [-0.2, -0.15) is 0 Å². The van der Waals surface area contributed by atoms with Crippen molar-refractivity contribution in [3.05, 3.63) is 46.7 Å². The molecule has 1 aliphatic rings. The van der Waals surface area contributed by atoms with Gasteiger partial charge >= 0.3 is 0 Å². The summed E-state index contributed by atoms with van der Waals surface area (Å²) in [7, 11) is 0. The molecule has 1 aliphatic carbocycles. The lowest BCUT2D eigenvalue weighted by atomic mass is 9.87. The van der Waals surface area contributed by atoms with Crippen LogP contribution in [0.25, 0.3) is 0 Å². The van der Waals surface area contributed by atoms with E-state index < -0.39 is 0 Å². The molecule has 1 heterocycles. The van der Waals surface area contributed by atoms with Gasteiger partial charge in [0.15, 0.2) is 0 Å². The number of phenolic OH excluding ortho intramolecular Hbond substituents is 1. The second-order valence-corrected chi connectivity index (χ2v) is 5.46. The van der Waals surface area contributed by atoms with Gasteiger partial charge in [0, 0.05) is 6.04 Å². The Morgan fingerprint density at radius 3 is 3.00 bits per heavy atom. The minimum Gasteiger partial charge on any atom is -0.508 e. The molecule has 1 aromatic heterocycles. The predicted molar refractivity (Wildman–Crippen MR) is 76.6 cm³/mol. The van der Waals surface area contributed by atoms with Gasteiger partial charge in [-0.1, -0.05) is 6.07 Å². The number of hydrogen-bond acceptors (Lipinski definition) is 4. The summed E-state index contributed by atoms with van der Waals surface area (Å²) in [6, 6.07) is 5.97. The Balaban J connectivity index is 1.73. The summed E-state index contributed by atoms with van der Waals surface area (Å²) >= 11 is 0. The van der Waals surface area contributed by atoms with Crippen LogP contribution in [0.3, 0.4) is 0 Å². The van der Waals surface area contributed by atoms with Crippen LogP contribution < -0.4 is 5.32 Å². The molecule has 1 unspecified atom stereocenters. The number of aryl methyl sites for hydroxylation is 3. The molecule has 0 amide bonds. The summed E-state index contributed by atoms with van der Waals surface area (Å²) in [5.41, 5.74) is 3.48. The van der Waals surface area contributed by atoms with Crippen LogP contribution in [0.2, 0.25) is 0 Å². The first-order valence-corrected chi connectivity index (χ1v) is 7.11. The number of hydrogen-bond donors (Lipinski definition) is 2. The fourth-order valence-corrected chi connectivity index (χ4v) is 2.84. The lowest BCUT2D eigenvalue weighted by Crippen LogP contribution is -2.25. The van der Waals surface area contributed by atoms with E-state index in [4.69, 9.17) is 4.42 Å². The van der Waals surface area contributed by atoms with E-state index in [1.54, 1.807) is 6.07 Å². The Morgan fingerprint density at radius 1 is 1.40 bits per heavy atom. The van der Waals surface area contributed by atoms with E-state index in [1.165, 1.54) is 11.1 Å². The van der Waals surface area contributed by atoms with Crippen molar-refractivity contribution in [2.24, 2.45) is 0 Å². The van der Waals surface area contributed by atoms with Crippen molar-refractivity contribution in [3.8, 4) is 5.75 Å². The standard InChI is InChI=1S/C16H20N2O2/c1-10-11(2)20-16(18-10)9-17-15-5-3-4-12-8-13(19)6-7-14(12)15/h6-8,15,17,19H,3-5,9H2,1-2H3. The maximum Gasteiger partial charge on any atom is 0.208 e. The molecule has 20 heavy (non-hydrogen) atoms. The number of aromatic hydroxyl groups is 1. The highest BCUT2D eigenvalue weighted by atomic mass is 16.4. The van der Waals surface area contributed by atoms with E-state index >= 15 is 0 Å². The number of aromatic nitrogens is 1. The van der Waals surface area contributed by atoms with Gasteiger partial charge < -0.3 is 14.8 Å². The zero-order chi connectivity index (χ0) is 14.1. The van der Waals surface area contributed by atoms with Crippen LogP contribution in [0.5, 0.6) is 5.75 Å². The molecular weight excluding hydrogens is 252 g/mol. The van der Waals surface area contributed by atoms with Gasteiger partial charge in [0.25, 0.3) is 0 Å². The quantitative estimate of drug-likeness (QED) is 0.901. The molecule has 0 bridgehead atoms. The minimum atomic E-state index is 0.312. The van der Waals surface area contributed by atoms with Gasteiger partial charge in [-0.05, 0) is 56.4 Å². The molecule has 0 fully saturated rings. The van der Waals surface area contributed by atoms with Gasteiger partial charge in [0.2, 0.25) is 5.89 Å². The molecule has 0 aliphatic heterocycles. The van der Waals surface area contributed by atoms with E-state index in [0.717, 1.165) is 36.6 Å². The number of benzene rings is 1. The molecule has 1 aromatic carbocycles. The number of nitrogens with one attached hydrogen (secondary N) is 1. The second-order valence-electron chi connectivity index (χ2n) is 5.46. The molecule has 106 valence electrons. The van der Waals surface area contributed by atoms with Crippen molar-refractivity contribution in [3.63, 3.8) is 0 Å². The highest BCUT2D eigenvalue weighted by Crippen LogP contribution is 2.32. The largest absolute Gasteiger partial charge is 0.508 e. The average Bonchev–Trinajstić information content (AvgIpc) is 2.75. The Hall–Kier alpha value is -1.81. The molecule has 4 heteroatoms. The zero-order valence-corrected chi connectivity index (χ0v) is 11.9.